The highest BCUT2D eigenvalue weighted by molar-refractivity contribution is 5.78. The van der Waals surface area contributed by atoms with E-state index in [0.29, 0.717) is 5.56 Å². The van der Waals surface area contributed by atoms with Crippen molar-refractivity contribution in [3.63, 3.8) is 0 Å². The Morgan fingerprint density at radius 1 is 1.30 bits per heavy atom. The van der Waals surface area contributed by atoms with Crippen LogP contribution in [0.5, 0.6) is 0 Å². The minimum absolute atomic E-state index is 0.0130. The fourth-order valence-electron chi connectivity index (χ4n) is 3.84. The maximum Gasteiger partial charge on any atom is 0.407 e. The topological polar surface area (TPSA) is 101 Å². The monoisotopic (exact) mass is 375 g/mol. The number of aliphatic carboxylic acids is 1. The van der Waals surface area contributed by atoms with E-state index in [2.05, 4.69) is 15.3 Å². The van der Waals surface area contributed by atoms with Crippen molar-refractivity contribution in [1.29, 1.82) is 0 Å². The number of ether oxygens (including phenoxy) is 1. The second-order valence-corrected chi connectivity index (χ2v) is 6.90. The second-order valence-electron chi connectivity index (χ2n) is 6.90. The van der Waals surface area contributed by atoms with Crippen LogP contribution < -0.4 is 5.32 Å². The van der Waals surface area contributed by atoms with E-state index in [1.165, 1.54) is 18.2 Å². The molecule has 1 amide bonds. The Labute approximate surface area is 152 Å². The minimum atomic E-state index is -1.14. The lowest BCUT2D eigenvalue weighted by Gasteiger charge is -2.25. The van der Waals surface area contributed by atoms with Crippen LogP contribution in [-0.4, -0.2) is 39.3 Å². The van der Waals surface area contributed by atoms with Crippen molar-refractivity contribution in [2.75, 3.05) is 0 Å². The van der Waals surface area contributed by atoms with Crippen molar-refractivity contribution in [2.24, 2.45) is 5.41 Å². The third-order valence-corrected chi connectivity index (χ3v) is 5.10. The zero-order chi connectivity index (χ0) is 19.2. The number of halogens is 2. The van der Waals surface area contributed by atoms with Gasteiger partial charge in [-0.2, -0.15) is 0 Å². The van der Waals surface area contributed by atoms with Crippen molar-refractivity contribution in [1.82, 2.24) is 15.3 Å². The van der Waals surface area contributed by atoms with E-state index in [-0.39, 0.29) is 36.7 Å². The fourth-order valence-corrected chi connectivity index (χ4v) is 3.84. The summed E-state index contributed by atoms with van der Waals surface area (Å²) in [6.07, 6.45) is 1.36. The molecule has 2 N–H and O–H groups in total. The Kier molecular flexibility index (Phi) is 4.01. The van der Waals surface area contributed by atoms with Gasteiger partial charge in [0.1, 0.15) is 11.9 Å². The Hall–Kier alpha value is -3.10. The van der Waals surface area contributed by atoms with Crippen LogP contribution in [0.15, 0.2) is 30.6 Å². The largest absolute Gasteiger partial charge is 0.481 e. The van der Waals surface area contributed by atoms with Gasteiger partial charge in [0.2, 0.25) is 0 Å². The van der Waals surface area contributed by atoms with Crippen molar-refractivity contribution >= 4 is 12.1 Å². The number of rotatable bonds is 4. The number of nitrogens with one attached hydrogen (secondary N) is 1. The molecule has 1 aromatic heterocycles. The molecular weight excluding hydrogens is 360 g/mol. The van der Waals surface area contributed by atoms with Gasteiger partial charge in [0.15, 0.2) is 11.6 Å². The van der Waals surface area contributed by atoms with E-state index in [1.807, 2.05) is 0 Å². The molecule has 1 saturated carbocycles. The number of alkyl carbamates (subject to hydrolysis) is 1. The summed E-state index contributed by atoms with van der Waals surface area (Å²) in [5.41, 5.74) is -0.495. The number of carbonyl (C=O) groups excluding carboxylic acids is 1. The molecule has 3 atom stereocenters. The molecular formula is C18H15F2N3O4. The summed E-state index contributed by atoms with van der Waals surface area (Å²) in [6.45, 7) is 0. The quantitative estimate of drug-likeness (QED) is 0.850. The summed E-state index contributed by atoms with van der Waals surface area (Å²) in [5.74, 6) is -2.22. The highest BCUT2D eigenvalue weighted by atomic mass is 19.1. The smallest absolute Gasteiger partial charge is 0.407 e. The predicted molar refractivity (Wildman–Crippen MR) is 87.6 cm³/mol. The number of benzene rings is 1. The first kappa shape index (κ1) is 17.3. The molecule has 1 aliphatic carbocycles. The highest BCUT2D eigenvalue weighted by Gasteiger charge is 2.55. The van der Waals surface area contributed by atoms with Gasteiger partial charge in [0.05, 0.1) is 29.4 Å². The minimum Gasteiger partial charge on any atom is -0.481 e. The molecule has 0 unspecified atom stereocenters. The van der Waals surface area contributed by atoms with Gasteiger partial charge in [0.25, 0.3) is 0 Å². The zero-order valence-corrected chi connectivity index (χ0v) is 14.0. The van der Waals surface area contributed by atoms with Crippen LogP contribution >= 0.6 is 0 Å². The molecule has 1 aromatic carbocycles. The SMILES string of the molecule is O=C1N[C@@H]2C[C@@](Cc3ccc(F)c(-c4ncc(F)cn4)c3)(C(=O)O)C[C@@H]2O1. The van der Waals surface area contributed by atoms with Gasteiger partial charge in [-0.05, 0) is 30.5 Å². The van der Waals surface area contributed by atoms with E-state index in [0.717, 1.165) is 12.4 Å². The molecule has 27 heavy (non-hydrogen) atoms. The van der Waals surface area contributed by atoms with Gasteiger partial charge >= 0.3 is 12.1 Å². The average molecular weight is 375 g/mol. The summed E-state index contributed by atoms with van der Waals surface area (Å²) >= 11 is 0. The number of carboxylic acids is 1. The van der Waals surface area contributed by atoms with Crippen LogP contribution in [-0.2, 0) is 16.0 Å². The fraction of sp³-hybridized carbons (Fsp3) is 0.333. The lowest BCUT2D eigenvalue weighted by molar-refractivity contribution is -0.149. The number of hydrogen-bond acceptors (Lipinski definition) is 5. The number of aromatic nitrogens is 2. The summed E-state index contributed by atoms with van der Waals surface area (Å²) in [5, 5.41) is 12.4. The van der Waals surface area contributed by atoms with Gasteiger partial charge in [-0.25, -0.2) is 23.5 Å². The summed E-state index contributed by atoms with van der Waals surface area (Å²) in [7, 11) is 0. The van der Waals surface area contributed by atoms with E-state index >= 15 is 0 Å². The molecule has 1 saturated heterocycles. The lowest BCUT2D eigenvalue weighted by atomic mass is 9.79. The Morgan fingerprint density at radius 2 is 2.04 bits per heavy atom. The first-order valence-electron chi connectivity index (χ1n) is 8.33. The number of fused-ring (bicyclic) bond motifs is 1. The Balaban J connectivity index is 1.63. The van der Waals surface area contributed by atoms with Crippen LogP contribution in [0, 0.1) is 17.0 Å². The van der Waals surface area contributed by atoms with Gasteiger partial charge in [-0.15, -0.1) is 0 Å². The third-order valence-electron chi connectivity index (χ3n) is 5.10. The number of amides is 1. The summed E-state index contributed by atoms with van der Waals surface area (Å²) in [4.78, 5) is 30.8. The van der Waals surface area contributed by atoms with Crippen molar-refractivity contribution in [3.8, 4) is 11.4 Å². The van der Waals surface area contributed by atoms with Crippen LogP contribution in [0.3, 0.4) is 0 Å². The first-order valence-corrected chi connectivity index (χ1v) is 8.33. The van der Waals surface area contributed by atoms with Gasteiger partial charge in [-0.1, -0.05) is 6.07 Å². The average Bonchev–Trinajstić information content (AvgIpc) is 3.12. The maximum absolute atomic E-state index is 14.2. The van der Waals surface area contributed by atoms with Gasteiger partial charge in [0, 0.05) is 6.42 Å². The molecule has 0 bridgehead atoms. The molecule has 2 fully saturated rings. The molecule has 7 nitrogen and oxygen atoms in total. The molecule has 9 heteroatoms. The first-order chi connectivity index (χ1) is 12.9. The third kappa shape index (κ3) is 3.09. The molecule has 0 spiro atoms. The Morgan fingerprint density at radius 3 is 2.70 bits per heavy atom. The molecule has 2 heterocycles. The number of hydrogen-bond donors (Lipinski definition) is 2. The molecule has 2 aliphatic rings. The summed E-state index contributed by atoms with van der Waals surface area (Å²) < 4.78 is 32.3. The van der Waals surface area contributed by atoms with Crippen LogP contribution in [0.2, 0.25) is 0 Å². The second kappa shape index (κ2) is 6.26. The van der Waals surface area contributed by atoms with Crippen LogP contribution in [0.4, 0.5) is 13.6 Å². The number of nitrogens with zero attached hydrogens (tertiary/aromatic N) is 2. The van der Waals surface area contributed by atoms with E-state index in [4.69, 9.17) is 4.74 Å². The number of carbonyl (C=O) groups is 2. The predicted octanol–water partition coefficient (Wildman–Crippen LogP) is 2.31. The molecule has 140 valence electrons. The molecule has 0 radical (unpaired) electrons. The maximum atomic E-state index is 14.2. The van der Waals surface area contributed by atoms with Gasteiger partial charge in [-0.3, -0.25) is 4.79 Å². The molecule has 2 aromatic rings. The van der Waals surface area contributed by atoms with Gasteiger partial charge < -0.3 is 15.2 Å². The summed E-state index contributed by atoms with van der Waals surface area (Å²) in [6, 6.07) is 3.83. The molecule has 1 aliphatic heterocycles. The van der Waals surface area contributed by atoms with Crippen molar-refractivity contribution < 1.29 is 28.2 Å². The Bertz CT molecular complexity index is 903. The standard InChI is InChI=1S/C18H15F2N3O4/c19-10-7-21-15(22-8-10)11-3-9(1-2-12(11)20)4-18(16(24)25)5-13-14(6-18)27-17(26)23-13/h1-3,7-8,13-14H,4-6H2,(H,23,26)(H,24,25)/t13-,14+,18-/m1/s1. The molecule has 4 rings (SSSR count). The highest BCUT2D eigenvalue weighted by Crippen LogP contribution is 2.45. The van der Waals surface area contributed by atoms with E-state index < -0.39 is 35.2 Å². The van der Waals surface area contributed by atoms with Crippen LogP contribution in [0.25, 0.3) is 11.4 Å². The van der Waals surface area contributed by atoms with Crippen LogP contribution in [0.1, 0.15) is 18.4 Å². The lowest BCUT2D eigenvalue weighted by Crippen LogP contribution is -2.35. The number of carboxylic acid groups (broad SMARTS) is 1. The van der Waals surface area contributed by atoms with E-state index in [9.17, 15) is 23.5 Å². The van der Waals surface area contributed by atoms with Crippen molar-refractivity contribution in [3.05, 3.63) is 47.8 Å². The van der Waals surface area contributed by atoms with Crippen molar-refractivity contribution in [2.45, 2.75) is 31.4 Å². The van der Waals surface area contributed by atoms with E-state index in [1.54, 1.807) is 0 Å². The normalized spacial score (nSPS) is 26.4. The zero-order valence-electron chi connectivity index (χ0n) is 14.0.